The van der Waals surface area contributed by atoms with Crippen molar-refractivity contribution < 1.29 is 13.5 Å². The van der Waals surface area contributed by atoms with Crippen molar-refractivity contribution in [3.05, 3.63) is 47.8 Å². The van der Waals surface area contributed by atoms with Gasteiger partial charge < -0.3 is 15.5 Å². The van der Waals surface area contributed by atoms with Gasteiger partial charge in [-0.25, -0.2) is 4.39 Å². The maximum Gasteiger partial charge on any atom is 0.202 e. The van der Waals surface area contributed by atoms with Gasteiger partial charge in [-0.2, -0.15) is 4.39 Å². The molecule has 0 spiro atoms. The third-order valence-corrected chi connectivity index (χ3v) is 2.44. The molecule has 0 bridgehead atoms. The van der Waals surface area contributed by atoms with Crippen molar-refractivity contribution in [1.29, 1.82) is 0 Å². The van der Waals surface area contributed by atoms with Crippen LogP contribution in [0.3, 0.4) is 0 Å². The molecule has 3 N–H and O–H groups in total. The highest BCUT2D eigenvalue weighted by Crippen LogP contribution is 2.31. The second-order valence-corrected chi connectivity index (χ2v) is 3.67. The lowest BCUT2D eigenvalue weighted by Crippen LogP contribution is -2.07. The van der Waals surface area contributed by atoms with E-state index in [0.717, 1.165) is 11.8 Å². The summed E-state index contributed by atoms with van der Waals surface area (Å²) in [7, 11) is 0. The van der Waals surface area contributed by atoms with Crippen LogP contribution in [0.5, 0.6) is 5.75 Å². The van der Waals surface area contributed by atoms with Crippen LogP contribution in [0.1, 0.15) is 18.7 Å². The topological polar surface area (TPSA) is 51.0 Å². The first-order chi connectivity index (χ1) is 8.09. The van der Waals surface area contributed by atoms with Gasteiger partial charge in [0.05, 0.1) is 11.4 Å². The Morgan fingerprint density at radius 1 is 1.29 bits per heavy atom. The number of rotatable bonds is 3. The minimum atomic E-state index is -1.07. The Hall–Kier alpha value is -2.04. The molecule has 2 rings (SSSR count). The van der Waals surface area contributed by atoms with E-state index in [1.165, 1.54) is 6.07 Å². The molecule has 1 aromatic heterocycles. The summed E-state index contributed by atoms with van der Waals surface area (Å²) in [5, 5.41) is 0. The molecule has 1 atom stereocenters. The molecule has 0 fully saturated rings. The molecule has 0 aliphatic rings. The Morgan fingerprint density at radius 3 is 2.71 bits per heavy atom. The van der Waals surface area contributed by atoms with Crippen molar-refractivity contribution in [1.82, 2.24) is 4.98 Å². The molecule has 17 heavy (non-hydrogen) atoms. The quantitative estimate of drug-likeness (QED) is 0.807. The van der Waals surface area contributed by atoms with Gasteiger partial charge in [-0.3, -0.25) is 0 Å². The van der Waals surface area contributed by atoms with Crippen LogP contribution in [0, 0.1) is 11.6 Å². The molecule has 1 heterocycles. The summed E-state index contributed by atoms with van der Waals surface area (Å²) in [6, 6.07) is 5.82. The number of anilines is 1. The van der Waals surface area contributed by atoms with Gasteiger partial charge in [0, 0.05) is 6.20 Å². The number of halogens is 2. The third kappa shape index (κ3) is 2.22. The van der Waals surface area contributed by atoms with E-state index in [0.29, 0.717) is 0 Å². The largest absolute Gasteiger partial charge is 0.479 e. The van der Waals surface area contributed by atoms with E-state index >= 15 is 0 Å². The Labute approximate surface area is 97.2 Å². The van der Waals surface area contributed by atoms with Gasteiger partial charge in [0.25, 0.3) is 0 Å². The van der Waals surface area contributed by atoms with Crippen molar-refractivity contribution in [2.45, 2.75) is 13.0 Å². The molecular weight excluding hydrogens is 226 g/mol. The highest BCUT2D eigenvalue weighted by atomic mass is 19.2. The van der Waals surface area contributed by atoms with Crippen molar-refractivity contribution in [2.75, 3.05) is 5.73 Å². The lowest BCUT2D eigenvalue weighted by Gasteiger charge is -2.15. The van der Waals surface area contributed by atoms with Crippen molar-refractivity contribution in [3.63, 3.8) is 0 Å². The normalized spacial score (nSPS) is 12.4. The first-order valence-corrected chi connectivity index (χ1v) is 5.13. The fourth-order valence-electron chi connectivity index (χ4n) is 1.50. The summed E-state index contributed by atoms with van der Waals surface area (Å²) < 4.78 is 31.8. The Balaban J connectivity index is 2.27. The van der Waals surface area contributed by atoms with Crippen LogP contribution in [0.4, 0.5) is 14.5 Å². The zero-order chi connectivity index (χ0) is 12.4. The highest BCUT2D eigenvalue weighted by Gasteiger charge is 2.17. The molecule has 0 amide bonds. The van der Waals surface area contributed by atoms with Gasteiger partial charge in [-0.15, -0.1) is 0 Å². The van der Waals surface area contributed by atoms with E-state index in [1.807, 2.05) is 0 Å². The van der Waals surface area contributed by atoms with Gasteiger partial charge in [-0.05, 0) is 31.2 Å². The molecule has 0 radical (unpaired) electrons. The second kappa shape index (κ2) is 4.45. The first kappa shape index (κ1) is 11.4. The third-order valence-electron chi connectivity index (χ3n) is 2.44. The van der Waals surface area contributed by atoms with E-state index in [1.54, 1.807) is 25.3 Å². The first-order valence-electron chi connectivity index (χ1n) is 5.13. The van der Waals surface area contributed by atoms with E-state index < -0.39 is 17.7 Å². The molecular formula is C12H12F2N2O. The Bertz CT molecular complexity index is 511. The molecule has 5 heteroatoms. The Morgan fingerprint density at radius 2 is 2.06 bits per heavy atom. The molecule has 0 aliphatic carbocycles. The maximum absolute atomic E-state index is 13.5. The summed E-state index contributed by atoms with van der Waals surface area (Å²) in [5.41, 5.74) is 6.38. The predicted molar refractivity (Wildman–Crippen MR) is 60.6 cm³/mol. The van der Waals surface area contributed by atoms with Gasteiger partial charge >= 0.3 is 0 Å². The fourth-order valence-corrected chi connectivity index (χ4v) is 1.50. The minimum absolute atomic E-state index is 0.0716. The number of H-pyrrole nitrogens is 1. The van der Waals surface area contributed by atoms with E-state index in [9.17, 15) is 8.78 Å². The van der Waals surface area contributed by atoms with Crippen LogP contribution >= 0.6 is 0 Å². The average Bonchev–Trinajstić information content (AvgIpc) is 2.83. The lowest BCUT2D eigenvalue weighted by atomic mass is 10.2. The van der Waals surface area contributed by atoms with Crippen LogP contribution in [-0.4, -0.2) is 4.98 Å². The smallest absolute Gasteiger partial charge is 0.202 e. The molecule has 0 saturated carbocycles. The molecule has 0 saturated heterocycles. The summed E-state index contributed by atoms with van der Waals surface area (Å²) in [4.78, 5) is 2.93. The maximum atomic E-state index is 13.5. The SMILES string of the molecule is CC(Oc1c(N)ccc(F)c1F)c1ccc[nH]1. The summed E-state index contributed by atoms with van der Waals surface area (Å²) >= 11 is 0. The van der Waals surface area contributed by atoms with Crippen molar-refractivity contribution >= 4 is 5.69 Å². The number of aromatic amines is 1. The number of nitrogen functional groups attached to an aromatic ring is 1. The van der Waals surface area contributed by atoms with Gasteiger partial charge in [0.1, 0.15) is 6.10 Å². The molecule has 90 valence electrons. The van der Waals surface area contributed by atoms with Crippen molar-refractivity contribution in [3.8, 4) is 5.75 Å². The fraction of sp³-hybridized carbons (Fsp3) is 0.167. The van der Waals surface area contributed by atoms with E-state index in [4.69, 9.17) is 10.5 Å². The van der Waals surface area contributed by atoms with Crippen LogP contribution in [0.2, 0.25) is 0 Å². The number of aromatic nitrogens is 1. The molecule has 1 aromatic carbocycles. The van der Waals surface area contributed by atoms with Gasteiger partial charge in [0.15, 0.2) is 11.6 Å². The molecule has 1 unspecified atom stereocenters. The average molecular weight is 238 g/mol. The number of benzene rings is 1. The summed E-state index contributed by atoms with van der Waals surface area (Å²) in [5.74, 6) is -2.30. The minimum Gasteiger partial charge on any atom is -0.479 e. The van der Waals surface area contributed by atoms with Gasteiger partial charge in [-0.1, -0.05) is 0 Å². The molecule has 0 aliphatic heterocycles. The number of hydrogen-bond acceptors (Lipinski definition) is 2. The number of ether oxygens (including phenoxy) is 1. The van der Waals surface area contributed by atoms with Crippen LogP contribution in [-0.2, 0) is 0 Å². The van der Waals surface area contributed by atoms with Crippen molar-refractivity contribution in [2.24, 2.45) is 0 Å². The van der Waals surface area contributed by atoms with E-state index in [-0.39, 0.29) is 11.4 Å². The molecule has 2 aromatic rings. The van der Waals surface area contributed by atoms with Gasteiger partial charge in [0.2, 0.25) is 5.82 Å². The highest BCUT2D eigenvalue weighted by molar-refractivity contribution is 5.53. The summed E-state index contributed by atoms with van der Waals surface area (Å²) in [6.45, 7) is 1.72. The Kier molecular flexibility index (Phi) is 2.99. The standard InChI is InChI=1S/C12H12F2N2O/c1-7(10-3-2-6-16-10)17-12-9(15)5-4-8(13)11(12)14/h2-7,16H,15H2,1H3. The number of hydrogen-bond donors (Lipinski definition) is 2. The lowest BCUT2D eigenvalue weighted by molar-refractivity contribution is 0.211. The predicted octanol–water partition coefficient (Wildman–Crippen LogP) is 3.02. The monoisotopic (exact) mass is 238 g/mol. The van der Waals surface area contributed by atoms with Crippen LogP contribution < -0.4 is 10.5 Å². The zero-order valence-electron chi connectivity index (χ0n) is 9.21. The van der Waals surface area contributed by atoms with Crippen LogP contribution in [0.25, 0.3) is 0 Å². The summed E-state index contributed by atoms with van der Waals surface area (Å²) in [6.07, 6.45) is 1.28. The molecule has 3 nitrogen and oxygen atoms in total. The zero-order valence-corrected chi connectivity index (χ0v) is 9.21. The van der Waals surface area contributed by atoms with Crippen LogP contribution in [0.15, 0.2) is 30.5 Å². The van der Waals surface area contributed by atoms with E-state index in [2.05, 4.69) is 4.98 Å². The second-order valence-electron chi connectivity index (χ2n) is 3.67. The number of nitrogens with one attached hydrogen (secondary N) is 1. The number of nitrogens with two attached hydrogens (primary N) is 1.